The van der Waals surface area contributed by atoms with Crippen LogP contribution in [0.25, 0.3) is 5.65 Å². The molecular weight excluding hydrogens is 432 g/mol. The van der Waals surface area contributed by atoms with Crippen LogP contribution in [0.2, 0.25) is 0 Å². The van der Waals surface area contributed by atoms with Gasteiger partial charge >= 0.3 is 0 Å². The Morgan fingerprint density at radius 2 is 2.14 bits per heavy atom. The van der Waals surface area contributed by atoms with Crippen LogP contribution in [0.3, 0.4) is 0 Å². The number of pyridine rings is 1. The maximum absolute atomic E-state index is 10.3. The van der Waals surface area contributed by atoms with Crippen molar-refractivity contribution in [3.8, 4) is 0 Å². The lowest BCUT2D eigenvalue weighted by Crippen LogP contribution is -2.50. The van der Waals surface area contributed by atoms with Gasteiger partial charge in [-0.05, 0) is 51.7 Å². The van der Waals surface area contributed by atoms with Crippen LogP contribution >= 0.6 is 15.9 Å². The fraction of sp³-hybridized carbons (Fsp3) is 0.476. The van der Waals surface area contributed by atoms with Gasteiger partial charge in [0.2, 0.25) is 0 Å². The molecule has 1 saturated carbocycles. The van der Waals surface area contributed by atoms with Crippen molar-refractivity contribution in [2.75, 3.05) is 23.4 Å². The molecule has 2 aliphatic rings. The van der Waals surface area contributed by atoms with E-state index in [1.54, 1.807) is 16.9 Å². The smallest absolute Gasteiger partial charge is 0.173 e. The summed E-state index contributed by atoms with van der Waals surface area (Å²) in [5.41, 5.74) is 1.81. The molecule has 1 unspecified atom stereocenters. The number of aliphatic hydroxyl groups excluding tert-OH is 1. The minimum absolute atomic E-state index is 0.114. The first kappa shape index (κ1) is 18.8. The minimum atomic E-state index is -0.313. The zero-order chi connectivity index (χ0) is 20.4. The van der Waals surface area contributed by atoms with Crippen LogP contribution < -0.4 is 10.2 Å². The van der Waals surface area contributed by atoms with Crippen LogP contribution in [0.15, 0.2) is 41.3 Å². The third-order valence-corrected chi connectivity index (χ3v) is 7.48. The van der Waals surface area contributed by atoms with E-state index >= 15 is 0 Å². The lowest BCUT2D eigenvalue weighted by Gasteiger charge is -2.40. The number of aromatic nitrogens is 4. The Bertz CT molecular complexity index is 1070. The van der Waals surface area contributed by atoms with Crippen molar-refractivity contribution < 1.29 is 5.11 Å². The SMILES string of the molecule is CC1(C)[C@H]2[C@@H]1CN(c1cc(NCc3cccnc3)n3ncc(Br)c3n1)C2(C)CO. The van der Waals surface area contributed by atoms with Crippen molar-refractivity contribution in [1.82, 2.24) is 19.6 Å². The van der Waals surface area contributed by atoms with Gasteiger partial charge in [-0.25, -0.2) is 4.98 Å². The quantitative estimate of drug-likeness (QED) is 0.612. The molecule has 4 heterocycles. The monoisotopic (exact) mass is 456 g/mol. The van der Waals surface area contributed by atoms with E-state index in [9.17, 15) is 5.11 Å². The molecule has 152 valence electrons. The van der Waals surface area contributed by atoms with Crippen molar-refractivity contribution in [2.45, 2.75) is 32.9 Å². The molecule has 0 bridgehead atoms. The van der Waals surface area contributed by atoms with Crippen molar-refractivity contribution in [3.05, 3.63) is 46.8 Å². The number of fused-ring (bicyclic) bond motifs is 2. The summed E-state index contributed by atoms with van der Waals surface area (Å²) in [6, 6.07) is 6.01. The molecule has 3 atom stereocenters. The van der Waals surface area contributed by atoms with Crippen LogP contribution in [0.4, 0.5) is 11.6 Å². The van der Waals surface area contributed by atoms with Gasteiger partial charge in [-0.15, -0.1) is 0 Å². The van der Waals surface area contributed by atoms with Gasteiger partial charge in [0.05, 0.1) is 22.8 Å². The summed E-state index contributed by atoms with van der Waals surface area (Å²) in [7, 11) is 0. The summed E-state index contributed by atoms with van der Waals surface area (Å²) in [5, 5.41) is 18.3. The first-order valence-corrected chi connectivity index (χ1v) is 10.7. The fourth-order valence-corrected chi connectivity index (χ4v) is 5.66. The maximum Gasteiger partial charge on any atom is 0.173 e. The Kier molecular flexibility index (Phi) is 4.15. The number of rotatable bonds is 5. The van der Waals surface area contributed by atoms with E-state index < -0.39 is 0 Å². The largest absolute Gasteiger partial charge is 0.394 e. The molecule has 1 aliphatic heterocycles. The van der Waals surface area contributed by atoms with E-state index in [2.05, 4.69) is 57.0 Å². The highest BCUT2D eigenvalue weighted by Gasteiger charge is 2.71. The molecule has 7 nitrogen and oxygen atoms in total. The van der Waals surface area contributed by atoms with E-state index in [0.29, 0.717) is 18.4 Å². The first-order valence-electron chi connectivity index (χ1n) is 9.92. The summed E-state index contributed by atoms with van der Waals surface area (Å²) in [6.45, 7) is 8.43. The second-order valence-corrected chi connectivity index (χ2v) is 9.83. The summed E-state index contributed by atoms with van der Waals surface area (Å²) < 4.78 is 2.65. The second-order valence-electron chi connectivity index (χ2n) is 8.97. The molecule has 1 saturated heterocycles. The van der Waals surface area contributed by atoms with Gasteiger partial charge in [0, 0.05) is 31.5 Å². The third-order valence-electron chi connectivity index (χ3n) is 6.92. The molecule has 1 aliphatic carbocycles. The van der Waals surface area contributed by atoms with Gasteiger partial charge in [0.25, 0.3) is 0 Å². The van der Waals surface area contributed by atoms with Crippen LogP contribution in [0.1, 0.15) is 26.3 Å². The topological polar surface area (TPSA) is 78.6 Å². The Morgan fingerprint density at radius 3 is 2.86 bits per heavy atom. The molecule has 2 fully saturated rings. The predicted molar refractivity (Wildman–Crippen MR) is 116 cm³/mol. The molecule has 3 aromatic rings. The standard InChI is InChI=1S/C21H25BrN6O/c1-20(2)14-11-27(21(3,12-29)18(14)20)17-7-16(24-9-13-5-4-6-23-8-13)28-19(26-17)15(22)10-25-28/h4-8,10,14,18,24,29H,9,11-12H2,1-3H3/t14-,18+,21?/m0/s1. The predicted octanol–water partition coefficient (Wildman–Crippen LogP) is 3.34. The molecule has 8 heteroatoms. The van der Waals surface area contributed by atoms with Gasteiger partial charge in [-0.3, -0.25) is 4.98 Å². The highest BCUT2D eigenvalue weighted by atomic mass is 79.9. The number of hydrogen-bond acceptors (Lipinski definition) is 6. The van der Waals surface area contributed by atoms with Gasteiger partial charge < -0.3 is 15.3 Å². The van der Waals surface area contributed by atoms with Crippen molar-refractivity contribution in [1.29, 1.82) is 0 Å². The Hall–Kier alpha value is -2.19. The van der Waals surface area contributed by atoms with Crippen molar-refractivity contribution >= 4 is 33.2 Å². The molecule has 2 N–H and O–H groups in total. The molecule has 5 rings (SSSR count). The Morgan fingerprint density at radius 1 is 1.31 bits per heavy atom. The number of halogens is 1. The van der Waals surface area contributed by atoms with E-state index in [0.717, 1.165) is 33.9 Å². The average Bonchev–Trinajstić information content (AvgIpc) is 2.99. The molecular formula is C21H25BrN6O. The van der Waals surface area contributed by atoms with Gasteiger partial charge in [-0.2, -0.15) is 9.61 Å². The summed E-state index contributed by atoms with van der Waals surface area (Å²) in [4.78, 5) is 11.4. The average molecular weight is 457 g/mol. The van der Waals surface area contributed by atoms with E-state index in [1.807, 2.05) is 24.4 Å². The van der Waals surface area contributed by atoms with Gasteiger partial charge in [0.15, 0.2) is 5.65 Å². The van der Waals surface area contributed by atoms with Crippen LogP contribution in [-0.4, -0.2) is 43.4 Å². The van der Waals surface area contributed by atoms with E-state index in [-0.39, 0.29) is 17.6 Å². The summed E-state index contributed by atoms with van der Waals surface area (Å²) in [5.74, 6) is 2.78. The first-order chi connectivity index (χ1) is 13.9. The summed E-state index contributed by atoms with van der Waals surface area (Å²) >= 11 is 3.57. The lowest BCUT2D eigenvalue weighted by molar-refractivity contribution is 0.176. The second kappa shape index (κ2) is 6.40. The van der Waals surface area contributed by atoms with E-state index in [4.69, 9.17) is 4.98 Å². The molecule has 0 aromatic carbocycles. The normalized spacial score (nSPS) is 27.3. The number of aliphatic hydroxyl groups is 1. The third kappa shape index (κ3) is 2.76. The minimum Gasteiger partial charge on any atom is -0.394 e. The molecule has 0 spiro atoms. The highest BCUT2D eigenvalue weighted by Crippen LogP contribution is 2.68. The van der Waals surface area contributed by atoms with Crippen LogP contribution in [0, 0.1) is 17.3 Å². The highest BCUT2D eigenvalue weighted by molar-refractivity contribution is 9.10. The molecule has 29 heavy (non-hydrogen) atoms. The fourth-order valence-electron chi connectivity index (χ4n) is 5.31. The van der Waals surface area contributed by atoms with E-state index in [1.165, 1.54) is 0 Å². The zero-order valence-corrected chi connectivity index (χ0v) is 18.4. The van der Waals surface area contributed by atoms with Gasteiger partial charge in [0.1, 0.15) is 11.6 Å². The van der Waals surface area contributed by atoms with Crippen molar-refractivity contribution in [2.24, 2.45) is 17.3 Å². The number of piperidine rings is 1. The lowest BCUT2D eigenvalue weighted by atomic mass is 9.90. The van der Waals surface area contributed by atoms with Crippen LogP contribution in [0.5, 0.6) is 0 Å². The number of nitrogens with one attached hydrogen (secondary N) is 1. The van der Waals surface area contributed by atoms with Crippen LogP contribution in [-0.2, 0) is 6.54 Å². The Labute approximate surface area is 178 Å². The molecule has 0 amide bonds. The number of hydrogen-bond donors (Lipinski definition) is 2. The van der Waals surface area contributed by atoms with Crippen molar-refractivity contribution in [3.63, 3.8) is 0 Å². The molecule has 3 aromatic heterocycles. The Balaban J connectivity index is 1.53. The van der Waals surface area contributed by atoms with Gasteiger partial charge in [-0.1, -0.05) is 19.9 Å². The number of nitrogens with zero attached hydrogens (tertiary/aromatic N) is 5. The zero-order valence-electron chi connectivity index (χ0n) is 16.8. The maximum atomic E-state index is 10.3. The number of anilines is 2. The molecule has 0 radical (unpaired) electrons. The summed E-state index contributed by atoms with van der Waals surface area (Å²) in [6.07, 6.45) is 5.38.